The minimum absolute atomic E-state index is 0.0358. The molecule has 2 aromatic carbocycles. The first-order valence-corrected chi connectivity index (χ1v) is 10.8. The largest absolute Gasteiger partial charge is 0.493 e. The molecule has 0 radical (unpaired) electrons. The lowest BCUT2D eigenvalue weighted by molar-refractivity contribution is -0.119. The van der Waals surface area contributed by atoms with E-state index >= 15 is 0 Å². The molecule has 0 spiro atoms. The highest BCUT2D eigenvalue weighted by Crippen LogP contribution is 2.31. The molecule has 0 N–H and O–H groups in total. The van der Waals surface area contributed by atoms with Crippen LogP contribution in [-0.4, -0.2) is 22.5 Å². The van der Waals surface area contributed by atoms with Crippen molar-refractivity contribution in [1.29, 1.82) is 0 Å². The fourth-order valence-corrected chi connectivity index (χ4v) is 4.16. The van der Waals surface area contributed by atoms with E-state index in [1.165, 1.54) is 16.9 Å². The predicted molar refractivity (Wildman–Crippen MR) is 121 cm³/mol. The van der Waals surface area contributed by atoms with Gasteiger partial charge in [-0.1, -0.05) is 48.6 Å². The van der Waals surface area contributed by atoms with Gasteiger partial charge in [0.1, 0.15) is 5.75 Å². The highest BCUT2D eigenvalue weighted by atomic mass is 32.1. The number of fused-ring (bicyclic) bond motifs is 1. The lowest BCUT2D eigenvalue weighted by Gasteiger charge is -2.19. The Morgan fingerprint density at radius 3 is 2.67 bits per heavy atom. The van der Waals surface area contributed by atoms with E-state index in [1.54, 1.807) is 11.1 Å². The van der Waals surface area contributed by atoms with Gasteiger partial charge in [0.25, 0.3) is 0 Å². The van der Waals surface area contributed by atoms with E-state index in [0.717, 1.165) is 28.1 Å². The third kappa shape index (κ3) is 4.83. The third-order valence-electron chi connectivity index (χ3n) is 4.76. The van der Waals surface area contributed by atoms with Gasteiger partial charge < -0.3 is 4.74 Å². The van der Waals surface area contributed by atoms with Crippen LogP contribution in [0.3, 0.4) is 0 Å². The summed E-state index contributed by atoms with van der Waals surface area (Å²) in [5.74, 6) is 0.722. The number of carbonyl (C=O) groups is 1. The molecule has 2 aromatic heterocycles. The fraction of sp³-hybridized carbons (Fsp3) is 0.208. The number of ether oxygens (including phenoxy) is 1. The highest BCUT2D eigenvalue weighted by molar-refractivity contribution is 7.22. The molecule has 4 aromatic rings. The molecule has 0 saturated heterocycles. The summed E-state index contributed by atoms with van der Waals surface area (Å²) in [5.41, 5.74) is 2.99. The molecule has 152 valence electrons. The first-order valence-electron chi connectivity index (χ1n) is 10.0. The summed E-state index contributed by atoms with van der Waals surface area (Å²) in [6.07, 6.45) is 2.97. The fourth-order valence-electron chi connectivity index (χ4n) is 3.12. The van der Waals surface area contributed by atoms with Crippen LogP contribution in [0.25, 0.3) is 10.2 Å². The molecule has 0 bridgehead atoms. The summed E-state index contributed by atoms with van der Waals surface area (Å²) >= 11 is 1.54. The molecule has 30 heavy (non-hydrogen) atoms. The summed E-state index contributed by atoms with van der Waals surface area (Å²) in [6, 6.07) is 21.5. The van der Waals surface area contributed by atoms with Gasteiger partial charge in [-0.2, -0.15) is 0 Å². The Hall–Kier alpha value is -3.25. The predicted octanol–water partition coefficient (Wildman–Crippen LogP) is 5.26. The Bertz CT molecular complexity index is 1110. The summed E-state index contributed by atoms with van der Waals surface area (Å²) in [5, 5.41) is 0.689. The number of thiazole rings is 1. The number of nitrogens with zero attached hydrogens (tertiary/aromatic N) is 3. The Labute approximate surface area is 180 Å². The maximum absolute atomic E-state index is 13.1. The summed E-state index contributed by atoms with van der Waals surface area (Å²) in [6.45, 7) is 2.82. The number of aromatic nitrogens is 2. The SMILES string of the molecule is CCc1ccc2nc(N(Cc3ccccn3)C(=O)CCOc3ccccc3)sc2c1. The van der Waals surface area contributed by atoms with Crippen LogP contribution in [0, 0.1) is 0 Å². The third-order valence-corrected chi connectivity index (χ3v) is 5.80. The first kappa shape index (κ1) is 20.0. The molecule has 0 aliphatic carbocycles. The second kappa shape index (κ2) is 9.50. The molecular formula is C24H23N3O2S. The number of anilines is 1. The van der Waals surface area contributed by atoms with E-state index in [-0.39, 0.29) is 12.3 Å². The molecule has 0 saturated carbocycles. The van der Waals surface area contributed by atoms with Gasteiger partial charge in [0.2, 0.25) is 5.91 Å². The lowest BCUT2D eigenvalue weighted by Crippen LogP contribution is -2.31. The standard InChI is InChI=1S/C24H23N3O2S/c1-2-18-11-12-21-22(16-18)30-24(26-21)27(17-19-8-6-7-14-25-19)23(28)13-15-29-20-9-4-3-5-10-20/h3-12,14,16H,2,13,15,17H2,1H3. The minimum Gasteiger partial charge on any atom is -0.493 e. The minimum atomic E-state index is -0.0358. The van der Waals surface area contributed by atoms with E-state index < -0.39 is 0 Å². The van der Waals surface area contributed by atoms with Crippen molar-refractivity contribution in [2.45, 2.75) is 26.3 Å². The van der Waals surface area contributed by atoms with Gasteiger partial charge in [-0.15, -0.1) is 0 Å². The van der Waals surface area contributed by atoms with Gasteiger partial charge in [-0.25, -0.2) is 4.98 Å². The van der Waals surface area contributed by atoms with Crippen molar-refractivity contribution in [3.8, 4) is 5.75 Å². The van der Waals surface area contributed by atoms with Crippen molar-refractivity contribution in [1.82, 2.24) is 9.97 Å². The molecule has 0 fully saturated rings. The number of carbonyl (C=O) groups excluding carboxylic acids is 1. The Balaban J connectivity index is 1.55. The zero-order chi connectivity index (χ0) is 20.8. The van der Waals surface area contributed by atoms with E-state index in [1.807, 2.05) is 54.6 Å². The first-order chi connectivity index (χ1) is 14.7. The lowest BCUT2D eigenvalue weighted by atomic mass is 10.2. The zero-order valence-corrected chi connectivity index (χ0v) is 17.6. The Morgan fingerprint density at radius 2 is 1.90 bits per heavy atom. The second-order valence-electron chi connectivity index (χ2n) is 6.86. The van der Waals surface area contributed by atoms with Gasteiger partial charge in [-0.3, -0.25) is 14.7 Å². The van der Waals surface area contributed by atoms with Gasteiger partial charge in [0.05, 0.1) is 35.5 Å². The maximum atomic E-state index is 13.1. The highest BCUT2D eigenvalue weighted by Gasteiger charge is 2.21. The van der Waals surface area contributed by atoms with Gasteiger partial charge in [0, 0.05) is 6.20 Å². The molecule has 6 heteroatoms. The topological polar surface area (TPSA) is 55.3 Å². The maximum Gasteiger partial charge on any atom is 0.232 e. The quantitative estimate of drug-likeness (QED) is 0.393. The molecule has 2 heterocycles. The van der Waals surface area contributed by atoms with Crippen LogP contribution >= 0.6 is 11.3 Å². The van der Waals surface area contributed by atoms with E-state index in [9.17, 15) is 4.79 Å². The average molecular weight is 418 g/mol. The van der Waals surface area contributed by atoms with Crippen molar-refractivity contribution in [3.63, 3.8) is 0 Å². The smallest absolute Gasteiger partial charge is 0.232 e. The van der Waals surface area contributed by atoms with E-state index in [2.05, 4.69) is 24.0 Å². The van der Waals surface area contributed by atoms with Gasteiger partial charge >= 0.3 is 0 Å². The normalized spacial score (nSPS) is 10.8. The number of amides is 1. The number of rotatable bonds is 8. The molecule has 0 aliphatic rings. The van der Waals surface area contributed by atoms with Crippen molar-refractivity contribution >= 4 is 32.6 Å². The molecule has 0 aliphatic heterocycles. The van der Waals surface area contributed by atoms with Crippen LogP contribution in [0.15, 0.2) is 72.9 Å². The Kier molecular flexibility index (Phi) is 6.35. The number of hydrogen-bond donors (Lipinski definition) is 0. The van der Waals surface area contributed by atoms with Crippen molar-refractivity contribution in [2.24, 2.45) is 0 Å². The van der Waals surface area contributed by atoms with Crippen molar-refractivity contribution < 1.29 is 9.53 Å². The molecule has 4 rings (SSSR count). The monoisotopic (exact) mass is 417 g/mol. The van der Waals surface area contributed by atoms with Gasteiger partial charge in [0.15, 0.2) is 5.13 Å². The van der Waals surface area contributed by atoms with E-state index in [0.29, 0.717) is 18.3 Å². The van der Waals surface area contributed by atoms with Crippen molar-refractivity contribution in [3.05, 3.63) is 84.2 Å². The van der Waals surface area contributed by atoms with Gasteiger partial charge in [-0.05, 0) is 48.4 Å². The summed E-state index contributed by atoms with van der Waals surface area (Å²) in [4.78, 5) is 24.0. The summed E-state index contributed by atoms with van der Waals surface area (Å²) < 4.78 is 6.81. The summed E-state index contributed by atoms with van der Waals surface area (Å²) in [7, 11) is 0. The molecule has 0 atom stereocenters. The second-order valence-corrected chi connectivity index (χ2v) is 7.87. The number of aryl methyl sites for hydroxylation is 1. The molecule has 5 nitrogen and oxygen atoms in total. The van der Waals surface area contributed by atoms with Crippen LogP contribution in [-0.2, 0) is 17.8 Å². The Morgan fingerprint density at radius 1 is 1.07 bits per heavy atom. The van der Waals surface area contributed by atoms with E-state index in [4.69, 9.17) is 9.72 Å². The van der Waals surface area contributed by atoms with Crippen LogP contribution in [0.5, 0.6) is 5.75 Å². The average Bonchev–Trinajstić information content (AvgIpc) is 3.21. The molecule has 1 amide bonds. The molecule has 0 unspecified atom stereocenters. The number of hydrogen-bond acceptors (Lipinski definition) is 5. The number of para-hydroxylation sites is 1. The van der Waals surface area contributed by atoms with Crippen molar-refractivity contribution in [2.75, 3.05) is 11.5 Å². The number of pyridine rings is 1. The van der Waals surface area contributed by atoms with Crippen LogP contribution in [0.4, 0.5) is 5.13 Å². The zero-order valence-electron chi connectivity index (χ0n) is 16.8. The van der Waals surface area contributed by atoms with Crippen LogP contribution in [0.1, 0.15) is 24.6 Å². The van der Waals surface area contributed by atoms with Crippen LogP contribution < -0.4 is 9.64 Å². The van der Waals surface area contributed by atoms with Crippen LogP contribution in [0.2, 0.25) is 0 Å². The number of benzene rings is 2. The molecular weight excluding hydrogens is 394 g/mol.